The maximum Gasteiger partial charge on any atom is 0.497 e. The van der Waals surface area contributed by atoms with Gasteiger partial charge in [-0.15, -0.1) is 0 Å². The van der Waals surface area contributed by atoms with Gasteiger partial charge in [-0.1, -0.05) is 71.9 Å². The molecule has 3 heterocycles. The van der Waals surface area contributed by atoms with Gasteiger partial charge in [0, 0.05) is 42.1 Å². The van der Waals surface area contributed by atoms with Crippen molar-refractivity contribution in [2.75, 3.05) is 12.8 Å². The van der Waals surface area contributed by atoms with Crippen LogP contribution in [0.1, 0.15) is 111 Å². The van der Waals surface area contributed by atoms with Gasteiger partial charge in [-0.25, -0.2) is 17.7 Å². The van der Waals surface area contributed by atoms with Crippen molar-refractivity contribution in [1.82, 2.24) is 13.5 Å². The maximum atomic E-state index is 14.8. The van der Waals surface area contributed by atoms with Crippen molar-refractivity contribution in [3.8, 4) is 0 Å². The Bertz CT molecular complexity index is 1710. The molecular weight excluding hydrogens is 649 g/mol. The third-order valence-electron chi connectivity index (χ3n) is 12.1. The van der Waals surface area contributed by atoms with Crippen LogP contribution in [0.15, 0.2) is 48.8 Å². The fraction of sp³-hybridized carbons (Fsp3) is 0.632. The number of pyridine rings is 1. The monoisotopic (exact) mass is 707 g/mol. The summed E-state index contributed by atoms with van der Waals surface area (Å²) in [5.74, 6) is -0.00438. The van der Waals surface area contributed by atoms with Gasteiger partial charge in [0.25, 0.3) is 0 Å². The third kappa shape index (κ3) is 6.99. The van der Waals surface area contributed by atoms with Gasteiger partial charge < -0.3 is 13.5 Å². The molecule has 5 rings (SSSR count). The number of carbonyl (C=O) groups is 1. The number of nitrogens with zero attached hydrogens (tertiary/aromatic N) is 3. The minimum atomic E-state index is -3.44. The molecule has 2 aliphatic rings. The number of hydrogen-bond donors (Lipinski definition) is 0. The van der Waals surface area contributed by atoms with E-state index < -0.39 is 36.6 Å². The Balaban J connectivity index is 1.46. The highest BCUT2D eigenvalue weighted by molar-refractivity contribution is 7.89. The van der Waals surface area contributed by atoms with Crippen LogP contribution in [0.3, 0.4) is 0 Å². The summed E-state index contributed by atoms with van der Waals surface area (Å²) in [4.78, 5) is 19.9. The molecule has 2 fully saturated rings. The fourth-order valence-electron chi connectivity index (χ4n) is 8.83. The zero-order valence-electron chi connectivity index (χ0n) is 31.6. The van der Waals surface area contributed by atoms with E-state index in [1.54, 1.807) is 7.05 Å². The molecule has 0 bridgehead atoms. The van der Waals surface area contributed by atoms with Crippen molar-refractivity contribution < 1.29 is 22.5 Å². The van der Waals surface area contributed by atoms with Crippen molar-refractivity contribution in [2.24, 2.45) is 11.8 Å². The molecule has 1 saturated heterocycles. The summed E-state index contributed by atoms with van der Waals surface area (Å²) >= 11 is 0. The first-order valence-electron chi connectivity index (χ1n) is 18.2. The Morgan fingerprint density at radius 2 is 1.49 bits per heavy atom. The van der Waals surface area contributed by atoms with Crippen LogP contribution in [0.5, 0.6) is 0 Å². The second-order valence-corrected chi connectivity index (χ2v) is 24.4. The third-order valence-corrected chi connectivity index (χ3v) is 20.8. The van der Waals surface area contributed by atoms with Crippen LogP contribution in [0.4, 0.5) is 0 Å². The summed E-state index contributed by atoms with van der Waals surface area (Å²) in [6, 6.07) is 11.8. The smallest absolute Gasteiger partial charge is 0.399 e. The first kappa shape index (κ1) is 37.9. The summed E-state index contributed by atoms with van der Waals surface area (Å²) in [7, 11) is -4.65. The largest absolute Gasteiger partial charge is 0.497 e. The number of hydrogen-bond acceptors (Lipinski definition) is 6. The van der Waals surface area contributed by atoms with Gasteiger partial charge >= 0.3 is 7.12 Å². The predicted octanol–water partition coefficient (Wildman–Crippen LogP) is 7.81. The number of benzene rings is 1. The standard InChI is InChI=1S/C38H58BN3O5SSi/c1-26(2)49(27(3)4,28(5)6)42-22-21-32-34(33(23-40-36(32)42)39-46-37(7,8)38(9,10)47-39)35(43)31-19-17-30(18-20-31)25-48(44,45)41(11)24-29-15-13-12-14-16-29/h12-16,21-23,26-28,30-31H,17-20,24-25H2,1-11H3. The number of carbonyl (C=O) groups excluding carboxylic acids is 1. The second-order valence-electron chi connectivity index (χ2n) is 16.6. The molecule has 0 N–H and O–H groups in total. The van der Waals surface area contributed by atoms with Crippen molar-refractivity contribution in [3.05, 3.63) is 59.9 Å². The first-order chi connectivity index (χ1) is 22.8. The number of fused-ring (bicyclic) bond motifs is 1. The number of ketones is 1. The van der Waals surface area contributed by atoms with Crippen molar-refractivity contribution in [3.63, 3.8) is 0 Å². The number of sulfonamides is 1. The van der Waals surface area contributed by atoms with Gasteiger partial charge in [-0.2, -0.15) is 0 Å². The molecule has 1 aromatic carbocycles. The van der Waals surface area contributed by atoms with Crippen LogP contribution in [-0.4, -0.2) is 67.1 Å². The molecule has 11 heteroatoms. The van der Waals surface area contributed by atoms with Crippen LogP contribution < -0.4 is 5.46 Å². The SMILES string of the molecule is CC(C)[Si](C(C)C)(C(C)C)n1ccc2c(C(=O)C3CCC(CS(=O)(=O)N(C)Cc4ccccc4)CC3)c(B3OC(C)(C)C(C)(C)O3)cnc21. The Morgan fingerprint density at radius 1 is 0.939 bits per heavy atom. The van der Waals surface area contributed by atoms with E-state index >= 15 is 0 Å². The van der Waals surface area contributed by atoms with Gasteiger partial charge in [0.05, 0.1) is 17.0 Å². The van der Waals surface area contributed by atoms with E-state index in [9.17, 15) is 13.2 Å². The Kier molecular flexibility index (Phi) is 10.9. The molecule has 3 aromatic rings. The van der Waals surface area contributed by atoms with E-state index in [0.717, 1.165) is 16.6 Å². The molecule has 268 valence electrons. The first-order valence-corrected chi connectivity index (χ1v) is 22.0. The molecule has 0 unspecified atom stereocenters. The summed E-state index contributed by atoms with van der Waals surface area (Å²) in [6.45, 7) is 22.5. The molecule has 1 saturated carbocycles. The highest BCUT2D eigenvalue weighted by Crippen LogP contribution is 2.45. The number of aromatic nitrogens is 2. The van der Waals surface area contributed by atoms with Crippen LogP contribution in [-0.2, 0) is 25.9 Å². The van der Waals surface area contributed by atoms with E-state index in [1.165, 1.54) is 4.31 Å². The topological polar surface area (TPSA) is 90.7 Å². The Hall–Kier alpha value is -2.31. The fourth-order valence-corrected chi connectivity index (χ4v) is 16.9. The van der Waals surface area contributed by atoms with Crippen molar-refractivity contribution in [1.29, 1.82) is 0 Å². The second kappa shape index (κ2) is 14.0. The van der Waals surface area contributed by atoms with E-state index in [0.29, 0.717) is 59.9 Å². The minimum absolute atomic E-state index is 0.0168. The van der Waals surface area contributed by atoms with E-state index in [2.05, 4.69) is 58.0 Å². The number of rotatable bonds is 12. The lowest BCUT2D eigenvalue weighted by atomic mass is 9.71. The van der Waals surface area contributed by atoms with E-state index in [-0.39, 0.29) is 23.4 Å². The molecule has 2 aromatic heterocycles. The average Bonchev–Trinajstić information content (AvgIpc) is 3.53. The summed E-state index contributed by atoms with van der Waals surface area (Å²) in [5.41, 5.74) is 3.43. The van der Waals surface area contributed by atoms with Crippen LogP contribution in [0.2, 0.25) is 16.6 Å². The quantitative estimate of drug-likeness (QED) is 0.141. The lowest BCUT2D eigenvalue weighted by Gasteiger charge is -2.44. The molecule has 1 aliphatic carbocycles. The van der Waals surface area contributed by atoms with Gasteiger partial charge in [-0.3, -0.25) is 4.79 Å². The van der Waals surface area contributed by atoms with E-state index in [1.807, 2.05) is 64.2 Å². The van der Waals surface area contributed by atoms with Crippen molar-refractivity contribution >= 4 is 47.7 Å². The maximum absolute atomic E-state index is 14.8. The highest BCUT2D eigenvalue weighted by Gasteiger charge is 2.53. The van der Waals surface area contributed by atoms with Crippen molar-refractivity contribution in [2.45, 2.75) is 129 Å². The molecule has 49 heavy (non-hydrogen) atoms. The van der Waals surface area contributed by atoms with E-state index in [4.69, 9.17) is 14.3 Å². The average molecular weight is 708 g/mol. The molecule has 0 radical (unpaired) electrons. The zero-order valence-corrected chi connectivity index (χ0v) is 33.4. The van der Waals surface area contributed by atoms with Crippen LogP contribution in [0.25, 0.3) is 11.0 Å². The molecular formula is C38H58BN3O5SSi. The lowest BCUT2D eigenvalue weighted by molar-refractivity contribution is 0.00578. The van der Waals surface area contributed by atoms with Crippen LogP contribution in [0, 0.1) is 11.8 Å². The molecule has 0 spiro atoms. The Morgan fingerprint density at radius 3 is 2.02 bits per heavy atom. The lowest BCUT2D eigenvalue weighted by Crippen LogP contribution is -2.51. The van der Waals surface area contributed by atoms with Gasteiger partial charge in [0.15, 0.2) is 14.0 Å². The summed E-state index contributed by atoms with van der Waals surface area (Å²) in [5, 5.41) is 0.864. The van der Waals surface area contributed by atoms with Crippen LogP contribution >= 0.6 is 0 Å². The van der Waals surface area contributed by atoms with Gasteiger partial charge in [0.1, 0.15) is 5.65 Å². The van der Waals surface area contributed by atoms with Gasteiger partial charge in [-0.05, 0) is 93.7 Å². The number of Topliss-reactive ketones (excluding diaryl/α,β-unsaturated/α-hetero) is 1. The normalized spacial score (nSPS) is 21.5. The molecule has 0 amide bonds. The molecule has 0 atom stereocenters. The summed E-state index contributed by atoms with van der Waals surface area (Å²) < 4.78 is 43.6. The molecule has 1 aliphatic heterocycles. The Labute approximate surface area is 296 Å². The van der Waals surface area contributed by atoms with Gasteiger partial charge in [0.2, 0.25) is 10.0 Å². The zero-order chi connectivity index (χ0) is 36.1. The molecule has 8 nitrogen and oxygen atoms in total. The summed E-state index contributed by atoms with van der Waals surface area (Å²) in [6.07, 6.45) is 6.70. The highest BCUT2D eigenvalue weighted by atomic mass is 32.2. The predicted molar refractivity (Wildman–Crippen MR) is 203 cm³/mol. The minimum Gasteiger partial charge on any atom is -0.399 e.